The molecule has 0 saturated heterocycles. The lowest BCUT2D eigenvalue weighted by Gasteiger charge is -2.09. The van der Waals surface area contributed by atoms with E-state index >= 15 is 0 Å². The SMILES string of the molecule is CC(CNC(=O)CCOc1ccc(Br)cc1)C(=O)O. The molecule has 0 spiro atoms. The van der Waals surface area contributed by atoms with Crippen molar-refractivity contribution in [3.63, 3.8) is 0 Å². The van der Waals surface area contributed by atoms with Crippen LogP contribution in [0.25, 0.3) is 0 Å². The molecule has 0 radical (unpaired) electrons. The lowest BCUT2D eigenvalue weighted by Crippen LogP contribution is -2.32. The molecule has 0 aromatic heterocycles. The van der Waals surface area contributed by atoms with Gasteiger partial charge in [0.05, 0.1) is 18.9 Å². The van der Waals surface area contributed by atoms with Crippen molar-refractivity contribution in [2.24, 2.45) is 5.92 Å². The molecule has 0 saturated carbocycles. The van der Waals surface area contributed by atoms with Crippen LogP contribution >= 0.6 is 15.9 Å². The Morgan fingerprint density at radius 1 is 1.37 bits per heavy atom. The van der Waals surface area contributed by atoms with E-state index in [4.69, 9.17) is 9.84 Å². The molecular weight excluding hydrogens is 314 g/mol. The summed E-state index contributed by atoms with van der Waals surface area (Å²) in [5, 5.41) is 11.2. The summed E-state index contributed by atoms with van der Waals surface area (Å²) in [7, 11) is 0. The Hall–Kier alpha value is -1.56. The fourth-order valence-corrected chi connectivity index (χ4v) is 1.50. The monoisotopic (exact) mass is 329 g/mol. The number of rotatable bonds is 7. The second-order valence-corrected chi connectivity index (χ2v) is 5.01. The molecule has 0 aliphatic rings. The average Bonchev–Trinajstić information content (AvgIpc) is 2.38. The number of hydrogen-bond donors (Lipinski definition) is 2. The van der Waals surface area contributed by atoms with Crippen LogP contribution in [0.2, 0.25) is 0 Å². The molecule has 1 rings (SSSR count). The summed E-state index contributed by atoms with van der Waals surface area (Å²) in [5.41, 5.74) is 0. The van der Waals surface area contributed by atoms with Crippen LogP contribution in [-0.2, 0) is 9.59 Å². The smallest absolute Gasteiger partial charge is 0.308 e. The largest absolute Gasteiger partial charge is 0.493 e. The molecule has 2 N–H and O–H groups in total. The van der Waals surface area contributed by atoms with E-state index in [1.54, 1.807) is 19.1 Å². The van der Waals surface area contributed by atoms with Crippen molar-refractivity contribution in [2.45, 2.75) is 13.3 Å². The summed E-state index contributed by atoms with van der Waals surface area (Å²) < 4.78 is 6.35. The molecular formula is C13H16BrNO4. The van der Waals surface area contributed by atoms with Gasteiger partial charge < -0.3 is 15.2 Å². The van der Waals surface area contributed by atoms with Crippen LogP contribution in [0.15, 0.2) is 28.7 Å². The summed E-state index contributed by atoms with van der Waals surface area (Å²) in [6.07, 6.45) is 0.197. The fourth-order valence-electron chi connectivity index (χ4n) is 1.24. The van der Waals surface area contributed by atoms with Gasteiger partial charge in [0.1, 0.15) is 5.75 Å². The first-order valence-electron chi connectivity index (χ1n) is 5.87. The second kappa shape index (κ2) is 7.78. The summed E-state index contributed by atoms with van der Waals surface area (Å²) in [6, 6.07) is 7.30. The maximum absolute atomic E-state index is 11.4. The zero-order valence-electron chi connectivity index (χ0n) is 10.6. The third kappa shape index (κ3) is 6.24. The number of aliphatic carboxylic acids is 1. The fraction of sp³-hybridized carbons (Fsp3) is 0.385. The van der Waals surface area contributed by atoms with Crippen molar-refractivity contribution in [3.8, 4) is 5.75 Å². The molecule has 1 unspecified atom stereocenters. The molecule has 0 aliphatic heterocycles. The van der Waals surface area contributed by atoms with E-state index in [9.17, 15) is 9.59 Å². The number of carbonyl (C=O) groups excluding carboxylic acids is 1. The summed E-state index contributed by atoms with van der Waals surface area (Å²) in [6.45, 7) is 1.93. The van der Waals surface area contributed by atoms with Gasteiger partial charge in [-0.2, -0.15) is 0 Å². The van der Waals surface area contributed by atoms with E-state index in [1.807, 2.05) is 12.1 Å². The molecule has 5 nitrogen and oxygen atoms in total. The van der Waals surface area contributed by atoms with Gasteiger partial charge in [-0.3, -0.25) is 9.59 Å². The van der Waals surface area contributed by atoms with E-state index in [0.717, 1.165) is 4.47 Å². The van der Waals surface area contributed by atoms with Gasteiger partial charge in [-0.05, 0) is 24.3 Å². The second-order valence-electron chi connectivity index (χ2n) is 4.10. The minimum Gasteiger partial charge on any atom is -0.493 e. The quantitative estimate of drug-likeness (QED) is 0.802. The van der Waals surface area contributed by atoms with Crippen molar-refractivity contribution >= 4 is 27.8 Å². The van der Waals surface area contributed by atoms with Crippen LogP contribution in [0, 0.1) is 5.92 Å². The predicted octanol–water partition coefficient (Wildman–Crippen LogP) is 2.05. The zero-order valence-corrected chi connectivity index (χ0v) is 12.1. The Bertz CT molecular complexity index is 433. The zero-order chi connectivity index (χ0) is 14.3. The van der Waals surface area contributed by atoms with Gasteiger partial charge in [-0.25, -0.2) is 0 Å². The number of carboxylic acids is 1. The highest BCUT2D eigenvalue weighted by Gasteiger charge is 2.11. The minimum atomic E-state index is -0.925. The van der Waals surface area contributed by atoms with E-state index in [-0.39, 0.29) is 25.5 Å². The van der Waals surface area contributed by atoms with Gasteiger partial charge in [-0.1, -0.05) is 22.9 Å². The van der Waals surface area contributed by atoms with Crippen molar-refractivity contribution in [1.29, 1.82) is 0 Å². The maximum atomic E-state index is 11.4. The highest BCUT2D eigenvalue weighted by atomic mass is 79.9. The van der Waals surface area contributed by atoms with Crippen LogP contribution in [0.3, 0.4) is 0 Å². The Labute approximate surface area is 120 Å². The number of carbonyl (C=O) groups is 2. The first-order chi connectivity index (χ1) is 8.99. The van der Waals surface area contributed by atoms with Crippen molar-refractivity contribution < 1.29 is 19.4 Å². The number of carboxylic acid groups (broad SMARTS) is 1. The molecule has 1 aromatic rings. The standard InChI is InChI=1S/C13H16BrNO4/c1-9(13(17)18)8-15-12(16)6-7-19-11-4-2-10(14)3-5-11/h2-5,9H,6-8H2,1H3,(H,15,16)(H,17,18). The van der Waals surface area contributed by atoms with Crippen molar-refractivity contribution in [2.75, 3.05) is 13.2 Å². The summed E-state index contributed by atoms with van der Waals surface area (Å²) in [5.74, 6) is -1.04. The Morgan fingerprint density at radius 2 is 2.00 bits per heavy atom. The average molecular weight is 330 g/mol. The Kier molecular flexibility index (Phi) is 6.35. The van der Waals surface area contributed by atoms with Gasteiger partial charge in [-0.15, -0.1) is 0 Å². The van der Waals surface area contributed by atoms with Crippen LogP contribution in [0.5, 0.6) is 5.75 Å². The summed E-state index contributed by atoms with van der Waals surface area (Å²) >= 11 is 3.31. The first kappa shape index (κ1) is 15.5. The highest BCUT2D eigenvalue weighted by molar-refractivity contribution is 9.10. The molecule has 19 heavy (non-hydrogen) atoms. The lowest BCUT2D eigenvalue weighted by atomic mass is 10.2. The van der Waals surface area contributed by atoms with Crippen LogP contribution < -0.4 is 10.1 Å². The lowest BCUT2D eigenvalue weighted by molar-refractivity contribution is -0.141. The summed E-state index contributed by atoms with van der Waals surface area (Å²) in [4.78, 5) is 22.0. The van der Waals surface area contributed by atoms with Crippen LogP contribution in [0.4, 0.5) is 0 Å². The third-order valence-corrected chi connectivity index (χ3v) is 2.97. The molecule has 1 aromatic carbocycles. The number of halogens is 1. The molecule has 0 bridgehead atoms. The van der Waals surface area contributed by atoms with E-state index in [1.165, 1.54) is 0 Å². The molecule has 1 atom stereocenters. The van der Waals surface area contributed by atoms with Gasteiger partial charge in [0.25, 0.3) is 0 Å². The van der Waals surface area contributed by atoms with Crippen molar-refractivity contribution in [3.05, 3.63) is 28.7 Å². The number of benzene rings is 1. The third-order valence-electron chi connectivity index (χ3n) is 2.44. The molecule has 104 valence electrons. The Morgan fingerprint density at radius 3 is 2.58 bits per heavy atom. The van der Waals surface area contributed by atoms with Gasteiger partial charge in [0.15, 0.2) is 0 Å². The number of hydrogen-bond acceptors (Lipinski definition) is 3. The van der Waals surface area contributed by atoms with Gasteiger partial charge >= 0.3 is 5.97 Å². The number of amides is 1. The first-order valence-corrected chi connectivity index (χ1v) is 6.66. The van der Waals surface area contributed by atoms with Gasteiger partial charge in [0, 0.05) is 11.0 Å². The number of nitrogens with one attached hydrogen (secondary N) is 1. The van der Waals surface area contributed by atoms with Gasteiger partial charge in [0.2, 0.25) is 5.91 Å². The van der Waals surface area contributed by atoms with Crippen LogP contribution in [0.1, 0.15) is 13.3 Å². The Balaban J connectivity index is 2.20. The van der Waals surface area contributed by atoms with Crippen molar-refractivity contribution in [1.82, 2.24) is 5.32 Å². The molecule has 6 heteroatoms. The molecule has 0 aliphatic carbocycles. The molecule has 0 heterocycles. The number of ether oxygens (including phenoxy) is 1. The van der Waals surface area contributed by atoms with E-state index in [2.05, 4.69) is 21.2 Å². The molecule has 1 amide bonds. The van der Waals surface area contributed by atoms with E-state index in [0.29, 0.717) is 5.75 Å². The maximum Gasteiger partial charge on any atom is 0.308 e. The van der Waals surface area contributed by atoms with Crippen LogP contribution in [-0.4, -0.2) is 30.1 Å². The minimum absolute atomic E-state index is 0.131. The van der Waals surface area contributed by atoms with E-state index < -0.39 is 11.9 Å². The normalized spacial score (nSPS) is 11.7. The topological polar surface area (TPSA) is 75.6 Å². The predicted molar refractivity (Wildman–Crippen MR) is 74.1 cm³/mol. The highest BCUT2D eigenvalue weighted by Crippen LogP contribution is 2.16. The molecule has 0 fully saturated rings.